The van der Waals surface area contributed by atoms with Crippen LogP contribution in [0.2, 0.25) is 0 Å². The van der Waals surface area contributed by atoms with Crippen LogP contribution in [0.1, 0.15) is 50.8 Å². The number of thiophene rings is 1. The number of hydrogen-bond donors (Lipinski definition) is 0. The van der Waals surface area contributed by atoms with Crippen LogP contribution in [0.5, 0.6) is 0 Å². The Kier molecular flexibility index (Phi) is 3.75. The van der Waals surface area contributed by atoms with Crippen molar-refractivity contribution in [2.24, 2.45) is 5.41 Å². The highest BCUT2D eigenvalue weighted by Gasteiger charge is 2.68. The summed E-state index contributed by atoms with van der Waals surface area (Å²) in [6, 6.07) is 4.51. The van der Waals surface area contributed by atoms with Crippen molar-refractivity contribution in [1.29, 1.82) is 0 Å². The normalized spacial score (nSPS) is 30.0. The molecule has 3 aliphatic rings. The highest BCUT2D eigenvalue weighted by molar-refractivity contribution is 7.10. The Morgan fingerprint density at radius 1 is 1.25 bits per heavy atom. The van der Waals surface area contributed by atoms with E-state index in [0.29, 0.717) is 19.1 Å². The van der Waals surface area contributed by atoms with Crippen molar-refractivity contribution < 1.29 is 9.59 Å². The third kappa shape index (κ3) is 2.32. The topological polar surface area (TPSA) is 40.6 Å². The van der Waals surface area contributed by atoms with E-state index in [1.165, 1.54) is 12.8 Å². The Labute approximate surface area is 147 Å². The molecule has 1 aromatic rings. The second-order valence-corrected chi connectivity index (χ2v) is 9.14. The molecule has 0 spiro atoms. The molecule has 1 saturated heterocycles. The van der Waals surface area contributed by atoms with E-state index < -0.39 is 5.41 Å². The molecule has 0 radical (unpaired) electrons. The Bertz CT molecular complexity index is 648. The zero-order chi connectivity index (χ0) is 16.9. The van der Waals surface area contributed by atoms with E-state index in [-0.39, 0.29) is 23.8 Å². The van der Waals surface area contributed by atoms with Gasteiger partial charge in [-0.25, -0.2) is 0 Å². The van der Waals surface area contributed by atoms with Gasteiger partial charge in [0, 0.05) is 24.0 Å². The molecule has 2 amide bonds. The van der Waals surface area contributed by atoms with Gasteiger partial charge in [0.25, 0.3) is 0 Å². The van der Waals surface area contributed by atoms with Gasteiger partial charge >= 0.3 is 0 Å². The molecule has 2 saturated carbocycles. The van der Waals surface area contributed by atoms with Gasteiger partial charge in [-0.15, -0.1) is 11.3 Å². The van der Waals surface area contributed by atoms with Gasteiger partial charge in [0.2, 0.25) is 11.8 Å². The van der Waals surface area contributed by atoms with Crippen LogP contribution in [0.3, 0.4) is 0 Å². The maximum Gasteiger partial charge on any atom is 0.242 e. The van der Waals surface area contributed by atoms with Gasteiger partial charge in [-0.05, 0) is 36.1 Å². The Morgan fingerprint density at radius 2 is 1.96 bits per heavy atom. The van der Waals surface area contributed by atoms with E-state index in [0.717, 1.165) is 24.1 Å². The molecule has 0 bridgehead atoms. The quantitative estimate of drug-likeness (QED) is 0.844. The molecular weight excluding hydrogens is 320 g/mol. The molecule has 5 heteroatoms. The van der Waals surface area contributed by atoms with Crippen molar-refractivity contribution in [2.45, 2.75) is 57.4 Å². The number of piperazine rings is 1. The zero-order valence-electron chi connectivity index (χ0n) is 14.6. The van der Waals surface area contributed by atoms with Crippen molar-refractivity contribution >= 4 is 23.2 Å². The fourth-order valence-electron chi connectivity index (χ4n) is 4.76. The molecule has 0 aromatic carbocycles. The van der Waals surface area contributed by atoms with E-state index >= 15 is 0 Å². The second kappa shape index (κ2) is 5.58. The van der Waals surface area contributed by atoms with Gasteiger partial charge < -0.3 is 9.80 Å². The average molecular weight is 346 g/mol. The monoisotopic (exact) mass is 346 g/mol. The number of carbonyl (C=O) groups is 2. The Balaban J connectivity index is 1.51. The molecule has 2 heterocycles. The van der Waals surface area contributed by atoms with Crippen LogP contribution in [-0.2, 0) is 15.0 Å². The largest absolute Gasteiger partial charge is 0.336 e. The standard InChI is InChI=1S/C19H26N2O2S/c1-18(2)13-19(18,15-8-5-11-24-15)17(23)20-9-10-21(16(22)12-20)14-6-3-4-7-14/h5,8,11,14H,3-4,6-7,9-10,12-13H2,1-2H3/t19-/m1/s1. The fraction of sp³-hybridized carbons (Fsp3) is 0.684. The lowest BCUT2D eigenvalue weighted by molar-refractivity contribution is -0.148. The van der Waals surface area contributed by atoms with Crippen LogP contribution < -0.4 is 0 Å². The van der Waals surface area contributed by atoms with E-state index in [4.69, 9.17) is 0 Å². The fourth-order valence-corrected chi connectivity index (χ4v) is 5.86. The molecule has 4 nitrogen and oxygen atoms in total. The molecule has 0 N–H and O–H groups in total. The highest BCUT2D eigenvalue weighted by atomic mass is 32.1. The second-order valence-electron chi connectivity index (χ2n) is 8.20. The highest BCUT2D eigenvalue weighted by Crippen LogP contribution is 2.66. The first-order valence-electron chi connectivity index (χ1n) is 9.08. The maximum absolute atomic E-state index is 13.3. The third-order valence-corrected chi connectivity index (χ3v) is 7.39. The molecule has 1 aliphatic heterocycles. The van der Waals surface area contributed by atoms with Crippen LogP contribution in [0.4, 0.5) is 0 Å². The predicted octanol–water partition coefficient (Wildman–Crippen LogP) is 3.03. The minimum absolute atomic E-state index is 0.0133. The van der Waals surface area contributed by atoms with Crippen LogP contribution in [0.25, 0.3) is 0 Å². The SMILES string of the molecule is CC1(C)C[C@]1(C(=O)N1CCN(C2CCCC2)C(=O)C1)c1cccs1. The number of hydrogen-bond acceptors (Lipinski definition) is 3. The lowest BCUT2D eigenvalue weighted by atomic mass is 9.92. The summed E-state index contributed by atoms with van der Waals surface area (Å²) in [4.78, 5) is 31.0. The van der Waals surface area contributed by atoms with Gasteiger partial charge in [0.15, 0.2) is 0 Å². The van der Waals surface area contributed by atoms with Crippen LogP contribution >= 0.6 is 11.3 Å². The molecule has 1 atom stereocenters. The van der Waals surface area contributed by atoms with E-state index in [1.54, 1.807) is 11.3 Å². The molecule has 24 heavy (non-hydrogen) atoms. The van der Waals surface area contributed by atoms with Crippen LogP contribution in [0, 0.1) is 5.41 Å². The van der Waals surface area contributed by atoms with Crippen molar-refractivity contribution in [1.82, 2.24) is 9.80 Å². The molecule has 1 aromatic heterocycles. The van der Waals surface area contributed by atoms with Gasteiger partial charge in [-0.2, -0.15) is 0 Å². The maximum atomic E-state index is 13.3. The summed E-state index contributed by atoms with van der Waals surface area (Å²) in [6.07, 6.45) is 5.60. The van der Waals surface area contributed by atoms with E-state index in [1.807, 2.05) is 21.2 Å². The van der Waals surface area contributed by atoms with Crippen molar-refractivity contribution in [3.63, 3.8) is 0 Å². The number of amides is 2. The summed E-state index contributed by atoms with van der Waals surface area (Å²) in [7, 11) is 0. The van der Waals surface area contributed by atoms with Crippen molar-refractivity contribution in [2.75, 3.05) is 19.6 Å². The van der Waals surface area contributed by atoms with Gasteiger partial charge in [0.05, 0.1) is 12.0 Å². The summed E-state index contributed by atoms with van der Waals surface area (Å²) in [5.74, 6) is 0.302. The summed E-state index contributed by atoms with van der Waals surface area (Å²) in [5.41, 5.74) is -0.419. The van der Waals surface area contributed by atoms with Crippen molar-refractivity contribution in [3.05, 3.63) is 22.4 Å². The van der Waals surface area contributed by atoms with Crippen LogP contribution in [0.15, 0.2) is 17.5 Å². The summed E-state index contributed by atoms with van der Waals surface area (Å²) >= 11 is 1.67. The van der Waals surface area contributed by atoms with Gasteiger partial charge in [0.1, 0.15) is 0 Å². The first kappa shape index (κ1) is 16.1. The lowest BCUT2D eigenvalue weighted by Gasteiger charge is -2.39. The molecule has 3 fully saturated rings. The van der Waals surface area contributed by atoms with Crippen LogP contribution in [-0.4, -0.2) is 47.3 Å². The molecule has 0 unspecified atom stereocenters. The number of carbonyl (C=O) groups excluding carboxylic acids is 2. The van der Waals surface area contributed by atoms with E-state index in [9.17, 15) is 9.59 Å². The van der Waals surface area contributed by atoms with E-state index in [2.05, 4.69) is 19.9 Å². The summed E-state index contributed by atoms with van der Waals surface area (Å²) in [6.45, 7) is 5.99. The summed E-state index contributed by atoms with van der Waals surface area (Å²) in [5, 5.41) is 2.04. The molecule has 130 valence electrons. The third-order valence-electron chi connectivity index (χ3n) is 6.35. The van der Waals surface area contributed by atoms with Crippen molar-refractivity contribution in [3.8, 4) is 0 Å². The Morgan fingerprint density at radius 3 is 2.50 bits per heavy atom. The molecule has 4 rings (SSSR count). The number of nitrogens with zero attached hydrogens (tertiary/aromatic N) is 2. The minimum atomic E-state index is -0.406. The predicted molar refractivity (Wildman–Crippen MR) is 94.9 cm³/mol. The first-order valence-corrected chi connectivity index (χ1v) is 9.96. The van der Waals surface area contributed by atoms with Gasteiger partial charge in [-0.3, -0.25) is 9.59 Å². The lowest BCUT2D eigenvalue weighted by Crippen LogP contribution is -2.57. The minimum Gasteiger partial charge on any atom is -0.336 e. The number of rotatable bonds is 3. The Hall–Kier alpha value is -1.36. The average Bonchev–Trinajstić information content (AvgIpc) is 3.07. The molecular formula is C19H26N2O2S. The molecule has 2 aliphatic carbocycles. The zero-order valence-corrected chi connectivity index (χ0v) is 15.4. The van der Waals surface area contributed by atoms with Gasteiger partial charge in [-0.1, -0.05) is 32.8 Å². The smallest absolute Gasteiger partial charge is 0.242 e. The summed E-state index contributed by atoms with van der Waals surface area (Å²) < 4.78 is 0. The first-order chi connectivity index (χ1) is 11.5.